The fourth-order valence-corrected chi connectivity index (χ4v) is 2.71. The predicted octanol–water partition coefficient (Wildman–Crippen LogP) is 2.51. The highest BCUT2D eigenvalue weighted by Crippen LogP contribution is 2.21. The number of hydrogen-bond acceptors (Lipinski definition) is 5. The second kappa shape index (κ2) is 7.40. The molecule has 0 aromatic carbocycles. The largest absolute Gasteiger partial charge is 0.437 e. The Morgan fingerprint density at radius 1 is 1.50 bits per heavy atom. The zero-order chi connectivity index (χ0) is 16.1. The van der Waals surface area contributed by atoms with Gasteiger partial charge in [0.25, 0.3) is 5.89 Å². The Kier molecular flexibility index (Phi) is 5.54. The summed E-state index contributed by atoms with van der Waals surface area (Å²) < 4.78 is 6.44. The highest BCUT2D eigenvalue weighted by Gasteiger charge is 2.17. The molecule has 0 aliphatic heterocycles. The molecule has 2 heterocycles. The number of amides is 1. The zero-order valence-corrected chi connectivity index (χ0v) is 13.9. The Balaban J connectivity index is 2.05. The first-order valence-electron chi connectivity index (χ1n) is 7.40. The molecule has 1 amide bonds. The summed E-state index contributed by atoms with van der Waals surface area (Å²) >= 11 is 1.46. The van der Waals surface area contributed by atoms with Crippen molar-refractivity contribution < 1.29 is 9.21 Å². The molecule has 2 rings (SSSR count). The van der Waals surface area contributed by atoms with Gasteiger partial charge in [-0.3, -0.25) is 4.79 Å². The molecule has 22 heavy (non-hydrogen) atoms. The second-order valence-electron chi connectivity index (χ2n) is 5.60. The SMILES string of the molecule is CC[C@@H](Cn1nc(-c2cccs2)oc1=O)NC(=O)CC(C)C. The molecule has 120 valence electrons. The fraction of sp³-hybridized carbons (Fsp3) is 0.533. The molecule has 6 nitrogen and oxygen atoms in total. The molecule has 0 aliphatic carbocycles. The van der Waals surface area contributed by atoms with Crippen LogP contribution in [0.2, 0.25) is 0 Å². The van der Waals surface area contributed by atoms with Crippen molar-refractivity contribution in [3.8, 4) is 10.8 Å². The molecule has 0 unspecified atom stereocenters. The summed E-state index contributed by atoms with van der Waals surface area (Å²) in [5, 5.41) is 9.04. The van der Waals surface area contributed by atoms with E-state index in [0.29, 0.717) is 24.8 Å². The minimum atomic E-state index is -0.500. The van der Waals surface area contributed by atoms with Gasteiger partial charge in [0.05, 0.1) is 11.4 Å². The Morgan fingerprint density at radius 2 is 2.27 bits per heavy atom. The highest BCUT2D eigenvalue weighted by atomic mass is 32.1. The lowest BCUT2D eigenvalue weighted by molar-refractivity contribution is -0.122. The van der Waals surface area contributed by atoms with E-state index in [-0.39, 0.29) is 11.9 Å². The van der Waals surface area contributed by atoms with Crippen LogP contribution in [0, 0.1) is 5.92 Å². The Labute approximate surface area is 133 Å². The number of thiophene rings is 1. The van der Waals surface area contributed by atoms with Crippen molar-refractivity contribution in [1.29, 1.82) is 0 Å². The van der Waals surface area contributed by atoms with Gasteiger partial charge in [0.15, 0.2) is 0 Å². The van der Waals surface area contributed by atoms with Gasteiger partial charge in [-0.05, 0) is 23.8 Å². The molecule has 2 aromatic heterocycles. The van der Waals surface area contributed by atoms with Crippen LogP contribution in [0.25, 0.3) is 10.8 Å². The van der Waals surface area contributed by atoms with Gasteiger partial charge in [0, 0.05) is 12.5 Å². The van der Waals surface area contributed by atoms with Crippen LogP contribution < -0.4 is 11.1 Å². The van der Waals surface area contributed by atoms with Crippen molar-refractivity contribution in [2.45, 2.75) is 46.2 Å². The topological polar surface area (TPSA) is 77.1 Å². The minimum absolute atomic E-state index is 0.00289. The van der Waals surface area contributed by atoms with E-state index in [1.165, 1.54) is 16.0 Å². The van der Waals surface area contributed by atoms with Gasteiger partial charge in [-0.2, -0.15) is 4.68 Å². The first-order valence-corrected chi connectivity index (χ1v) is 8.28. The smallest absolute Gasteiger partial charge is 0.387 e. The highest BCUT2D eigenvalue weighted by molar-refractivity contribution is 7.13. The standard InChI is InChI=1S/C15H21N3O3S/c1-4-11(16-13(19)8-10(2)3)9-18-15(20)21-14(17-18)12-6-5-7-22-12/h5-7,10-11H,4,8-9H2,1-3H3,(H,16,19)/t11-/m0/s1. The van der Waals surface area contributed by atoms with Gasteiger partial charge in [-0.25, -0.2) is 4.79 Å². The Morgan fingerprint density at radius 3 is 2.86 bits per heavy atom. The number of nitrogens with zero attached hydrogens (tertiary/aromatic N) is 2. The number of hydrogen-bond donors (Lipinski definition) is 1. The molecule has 0 saturated carbocycles. The van der Waals surface area contributed by atoms with Gasteiger partial charge in [-0.15, -0.1) is 16.4 Å². The van der Waals surface area contributed by atoms with Crippen molar-refractivity contribution in [3.63, 3.8) is 0 Å². The molecule has 2 aromatic rings. The quantitative estimate of drug-likeness (QED) is 0.849. The number of nitrogens with one attached hydrogen (secondary N) is 1. The van der Waals surface area contributed by atoms with Crippen LogP contribution in [-0.2, 0) is 11.3 Å². The molecule has 0 bridgehead atoms. The summed E-state index contributed by atoms with van der Waals surface area (Å²) in [5.74, 6) is 0.123. The number of rotatable bonds is 7. The van der Waals surface area contributed by atoms with Gasteiger partial charge >= 0.3 is 5.76 Å². The van der Waals surface area contributed by atoms with Gasteiger partial charge < -0.3 is 9.73 Å². The van der Waals surface area contributed by atoms with Crippen LogP contribution >= 0.6 is 11.3 Å². The third-order valence-corrected chi connectivity index (χ3v) is 4.04. The average molecular weight is 323 g/mol. The Hall–Kier alpha value is -1.89. The molecule has 0 spiro atoms. The summed E-state index contributed by atoms with van der Waals surface area (Å²) in [4.78, 5) is 24.5. The van der Waals surface area contributed by atoms with Crippen LogP contribution in [0.15, 0.2) is 26.7 Å². The number of aromatic nitrogens is 2. The summed E-state index contributed by atoms with van der Waals surface area (Å²) in [5.41, 5.74) is 0. The van der Waals surface area contributed by atoms with Crippen molar-refractivity contribution in [2.24, 2.45) is 5.92 Å². The van der Waals surface area contributed by atoms with E-state index in [1.54, 1.807) is 0 Å². The van der Waals surface area contributed by atoms with E-state index >= 15 is 0 Å². The molecular weight excluding hydrogens is 302 g/mol. The molecule has 0 aliphatic rings. The molecule has 7 heteroatoms. The molecule has 1 N–H and O–H groups in total. The predicted molar refractivity (Wildman–Crippen MR) is 85.8 cm³/mol. The maximum atomic E-state index is 11.9. The van der Waals surface area contributed by atoms with Crippen molar-refractivity contribution in [2.75, 3.05) is 0 Å². The third kappa shape index (κ3) is 4.30. The zero-order valence-electron chi connectivity index (χ0n) is 13.0. The number of carbonyl (C=O) groups is 1. The van der Waals surface area contributed by atoms with Crippen molar-refractivity contribution >= 4 is 17.2 Å². The normalized spacial score (nSPS) is 12.5. The maximum Gasteiger partial charge on any atom is 0.437 e. The lowest BCUT2D eigenvalue weighted by Crippen LogP contribution is -2.39. The van der Waals surface area contributed by atoms with Gasteiger partial charge in [-0.1, -0.05) is 26.8 Å². The summed E-state index contributed by atoms with van der Waals surface area (Å²) in [6.45, 7) is 6.27. The lowest BCUT2D eigenvalue weighted by atomic mass is 10.1. The fourth-order valence-electron chi connectivity index (χ4n) is 2.06. The van der Waals surface area contributed by atoms with Crippen LogP contribution in [0.1, 0.15) is 33.6 Å². The minimum Gasteiger partial charge on any atom is -0.387 e. The summed E-state index contributed by atoms with van der Waals surface area (Å²) in [7, 11) is 0. The van der Waals surface area contributed by atoms with Crippen LogP contribution in [0.3, 0.4) is 0 Å². The van der Waals surface area contributed by atoms with Gasteiger partial charge in [0.1, 0.15) is 0 Å². The van der Waals surface area contributed by atoms with Crippen LogP contribution in [0.5, 0.6) is 0 Å². The molecule has 0 fully saturated rings. The monoisotopic (exact) mass is 323 g/mol. The third-order valence-electron chi connectivity index (χ3n) is 3.18. The van der Waals surface area contributed by atoms with Crippen LogP contribution in [0.4, 0.5) is 0 Å². The first kappa shape index (κ1) is 16.5. The van der Waals surface area contributed by atoms with E-state index in [2.05, 4.69) is 10.4 Å². The van der Waals surface area contributed by atoms with Crippen molar-refractivity contribution in [1.82, 2.24) is 15.1 Å². The van der Waals surface area contributed by atoms with E-state index in [4.69, 9.17) is 4.42 Å². The van der Waals surface area contributed by atoms with E-state index in [9.17, 15) is 9.59 Å². The molecule has 0 saturated heterocycles. The van der Waals surface area contributed by atoms with E-state index in [0.717, 1.165) is 11.3 Å². The molecule has 1 atom stereocenters. The maximum absolute atomic E-state index is 11.9. The molecular formula is C15H21N3O3S. The lowest BCUT2D eigenvalue weighted by Gasteiger charge is -2.16. The number of carbonyl (C=O) groups excluding carboxylic acids is 1. The Bertz CT molecular complexity index is 658. The van der Waals surface area contributed by atoms with Crippen LogP contribution in [-0.4, -0.2) is 21.7 Å². The summed E-state index contributed by atoms with van der Waals surface area (Å²) in [6.07, 6.45) is 1.20. The average Bonchev–Trinajstić information content (AvgIpc) is 3.07. The summed E-state index contributed by atoms with van der Waals surface area (Å²) in [6, 6.07) is 3.59. The van der Waals surface area contributed by atoms with Gasteiger partial charge in [0.2, 0.25) is 5.91 Å². The van der Waals surface area contributed by atoms with E-state index < -0.39 is 5.76 Å². The second-order valence-corrected chi connectivity index (χ2v) is 6.55. The molecule has 0 radical (unpaired) electrons. The van der Waals surface area contributed by atoms with Crippen molar-refractivity contribution in [3.05, 3.63) is 28.1 Å². The first-order chi connectivity index (χ1) is 10.5. The van der Waals surface area contributed by atoms with E-state index in [1.807, 2.05) is 38.3 Å².